The van der Waals surface area contributed by atoms with Gasteiger partial charge >= 0.3 is 10.0 Å². The summed E-state index contributed by atoms with van der Waals surface area (Å²) in [5, 5.41) is 0. The minimum atomic E-state index is -1.42. The molecule has 0 heterocycles. The first-order chi connectivity index (χ1) is 6.20. The molecule has 0 aromatic heterocycles. The van der Waals surface area contributed by atoms with E-state index in [9.17, 15) is 9.59 Å². The van der Waals surface area contributed by atoms with Gasteiger partial charge in [-0.15, -0.1) is 0 Å². The fraction of sp³-hybridized carbons (Fsp3) is 0.750. The highest BCUT2D eigenvalue weighted by Gasteiger charge is 2.04. The average Bonchev–Trinajstić information content (AvgIpc) is 2.05. The quantitative estimate of drug-likeness (QED) is 0.597. The van der Waals surface area contributed by atoms with E-state index in [4.69, 9.17) is 8.85 Å². The first-order valence-electron chi connectivity index (χ1n) is 4.52. The molecule has 0 aliphatic heterocycles. The van der Waals surface area contributed by atoms with Gasteiger partial charge in [-0.1, -0.05) is 13.8 Å². The third kappa shape index (κ3) is 7.52. The molecule has 0 aliphatic rings. The lowest BCUT2D eigenvalue weighted by molar-refractivity contribution is -0.139. The lowest BCUT2D eigenvalue weighted by atomic mass is 10.4. The standard InChI is InChI=1S/C8H16O4Si/c1-3-5-7(9)11-13-12-8(10)6-4-2/h3-6,13H2,1-2H3. The molecule has 0 saturated carbocycles. The van der Waals surface area contributed by atoms with Crippen LogP contribution in [0.4, 0.5) is 0 Å². The Morgan fingerprint density at radius 1 is 1.00 bits per heavy atom. The minimum absolute atomic E-state index is 0.265. The molecule has 0 aromatic rings. The highest BCUT2D eigenvalue weighted by atomic mass is 28.3. The van der Waals surface area contributed by atoms with Crippen molar-refractivity contribution in [3.8, 4) is 0 Å². The molecule has 0 saturated heterocycles. The largest absolute Gasteiger partial charge is 0.489 e. The third-order valence-corrected chi connectivity index (χ3v) is 2.23. The number of hydrogen-bond acceptors (Lipinski definition) is 4. The van der Waals surface area contributed by atoms with E-state index < -0.39 is 10.0 Å². The van der Waals surface area contributed by atoms with Crippen LogP contribution in [-0.4, -0.2) is 21.9 Å². The molecule has 4 nitrogen and oxygen atoms in total. The first-order valence-corrected chi connectivity index (χ1v) is 5.67. The van der Waals surface area contributed by atoms with Crippen molar-refractivity contribution in [1.29, 1.82) is 0 Å². The molecule has 0 spiro atoms. The van der Waals surface area contributed by atoms with Gasteiger partial charge in [0.15, 0.2) is 0 Å². The van der Waals surface area contributed by atoms with E-state index in [1.165, 1.54) is 0 Å². The molecule has 0 aromatic carbocycles. The first kappa shape index (κ1) is 12.2. The molecule has 0 amide bonds. The van der Waals surface area contributed by atoms with Crippen molar-refractivity contribution >= 4 is 21.9 Å². The molecule has 0 radical (unpaired) electrons. The normalized spacial score (nSPS) is 9.38. The summed E-state index contributed by atoms with van der Waals surface area (Å²) >= 11 is 0. The van der Waals surface area contributed by atoms with Crippen molar-refractivity contribution in [1.82, 2.24) is 0 Å². The summed E-state index contributed by atoms with van der Waals surface area (Å²) in [6, 6.07) is 0. The molecule has 0 bridgehead atoms. The topological polar surface area (TPSA) is 52.6 Å². The highest BCUT2D eigenvalue weighted by molar-refractivity contribution is 6.25. The van der Waals surface area contributed by atoms with Crippen LogP contribution in [0.5, 0.6) is 0 Å². The second-order valence-electron chi connectivity index (χ2n) is 2.65. The summed E-state index contributed by atoms with van der Waals surface area (Å²) < 4.78 is 9.51. The van der Waals surface area contributed by atoms with E-state index in [0.717, 1.165) is 12.8 Å². The molecule has 76 valence electrons. The van der Waals surface area contributed by atoms with Crippen LogP contribution in [0.2, 0.25) is 0 Å². The van der Waals surface area contributed by atoms with Gasteiger partial charge in [0.25, 0.3) is 11.9 Å². The maximum Gasteiger partial charge on any atom is 0.431 e. The predicted octanol–water partition coefficient (Wildman–Crippen LogP) is 0.672. The van der Waals surface area contributed by atoms with Gasteiger partial charge in [-0.25, -0.2) is 0 Å². The number of carbonyl (C=O) groups excluding carboxylic acids is 2. The van der Waals surface area contributed by atoms with Gasteiger partial charge in [0.1, 0.15) is 0 Å². The summed E-state index contributed by atoms with van der Waals surface area (Å²) in [5.74, 6) is -0.531. The summed E-state index contributed by atoms with van der Waals surface area (Å²) in [5.41, 5.74) is 0. The lowest BCUT2D eigenvalue weighted by Gasteiger charge is -2.04. The molecule has 0 aliphatic carbocycles. The molecule has 0 atom stereocenters. The van der Waals surface area contributed by atoms with Crippen molar-refractivity contribution in [2.24, 2.45) is 0 Å². The van der Waals surface area contributed by atoms with Gasteiger partial charge in [0.05, 0.1) is 0 Å². The van der Waals surface area contributed by atoms with Crippen LogP contribution in [0.15, 0.2) is 0 Å². The minimum Gasteiger partial charge on any atom is -0.489 e. The Balaban J connectivity index is 3.33. The highest BCUT2D eigenvalue weighted by Crippen LogP contribution is 1.93. The van der Waals surface area contributed by atoms with Crippen LogP contribution in [0.1, 0.15) is 39.5 Å². The number of carbonyl (C=O) groups is 2. The smallest absolute Gasteiger partial charge is 0.431 e. The molecule has 0 rings (SSSR count). The summed E-state index contributed by atoms with van der Waals surface area (Å²) in [6.45, 7) is 3.79. The van der Waals surface area contributed by atoms with Crippen molar-refractivity contribution in [2.45, 2.75) is 39.5 Å². The molecule has 0 unspecified atom stereocenters. The van der Waals surface area contributed by atoms with Gasteiger partial charge in [0.2, 0.25) is 0 Å². The zero-order valence-corrected chi connectivity index (χ0v) is 9.58. The van der Waals surface area contributed by atoms with Crippen LogP contribution in [0.3, 0.4) is 0 Å². The third-order valence-electron chi connectivity index (χ3n) is 1.35. The predicted molar refractivity (Wildman–Crippen MR) is 50.5 cm³/mol. The van der Waals surface area contributed by atoms with Crippen LogP contribution in [-0.2, 0) is 18.4 Å². The van der Waals surface area contributed by atoms with E-state index in [1.54, 1.807) is 0 Å². The Morgan fingerprint density at radius 3 is 1.69 bits per heavy atom. The second-order valence-corrected chi connectivity index (χ2v) is 3.46. The van der Waals surface area contributed by atoms with Gasteiger partial charge < -0.3 is 8.85 Å². The maximum absolute atomic E-state index is 10.8. The van der Waals surface area contributed by atoms with E-state index in [0.29, 0.717) is 12.8 Å². The van der Waals surface area contributed by atoms with Gasteiger partial charge in [-0.2, -0.15) is 0 Å². The maximum atomic E-state index is 10.8. The zero-order chi connectivity index (χ0) is 10.1. The number of hydrogen-bond donors (Lipinski definition) is 0. The van der Waals surface area contributed by atoms with Crippen molar-refractivity contribution < 1.29 is 18.4 Å². The Labute approximate surface area is 80.7 Å². The molecule has 0 fully saturated rings. The van der Waals surface area contributed by atoms with Crippen molar-refractivity contribution in [2.75, 3.05) is 0 Å². The fourth-order valence-electron chi connectivity index (χ4n) is 0.713. The Morgan fingerprint density at radius 2 is 1.38 bits per heavy atom. The average molecular weight is 204 g/mol. The van der Waals surface area contributed by atoms with Crippen LogP contribution < -0.4 is 0 Å². The zero-order valence-electron chi connectivity index (χ0n) is 8.17. The Bertz CT molecular complexity index is 152. The SMILES string of the molecule is CCCC(=O)O[SiH2]OC(=O)CCC. The van der Waals surface area contributed by atoms with Crippen LogP contribution >= 0.6 is 0 Å². The van der Waals surface area contributed by atoms with Crippen LogP contribution in [0.25, 0.3) is 0 Å². The summed E-state index contributed by atoms with van der Waals surface area (Å²) in [7, 11) is -1.42. The van der Waals surface area contributed by atoms with E-state index in [-0.39, 0.29) is 11.9 Å². The molecule has 5 heteroatoms. The molecular weight excluding hydrogens is 188 g/mol. The lowest BCUT2D eigenvalue weighted by Crippen LogP contribution is -2.15. The molecule has 13 heavy (non-hydrogen) atoms. The van der Waals surface area contributed by atoms with Crippen molar-refractivity contribution in [3.05, 3.63) is 0 Å². The Hall–Kier alpha value is -0.843. The van der Waals surface area contributed by atoms with Gasteiger partial charge in [0, 0.05) is 12.8 Å². The monoisotopic (exact) mass is 204 g/mol. The van der Waals surface area contributed by atoms with Crippen LogP contribution in [0, 0.1) is 0 Å². The van der Waals surface area contributed by atoms with Crippen molar-refractivity contribution in [3.63, 3.8) is 0 Å². The van der Waals surface area contributed by atoms with E-state index in [2.05, 4.69) is 0 Å². The van der Waals surface area contributed by atoms with E-state index in [1.807, 2.05) is 13.8 Å². The number of rotatable bonds is 6. The second kappa shape index (κ2) is 7.79. The molecule has 0 N–H and O–H groups in total. The fourth-order valence-corrected chi connectivity index (χ4v) is 1.32. The summed E-state index contributed by atoms with van der Waals surface area (Å²) in [6.07, 6.45) is 2.32. The summed E-state index contributed by atoms with van der Waals surface area (Å²) in [4.78, 5) is 21.6. The molecular formula is C8H16O4Si. The van der Waals surface area contributed by atoms with Gasteiger partial charge in [-0.3, -0.25) is 9.59 Å². The van der Waals surface area contributed by atoms with E-state index >= 15 is 0 Å². The van der Waals surface area contributed by atoms with Gasteiger partial charge in [-0.05, 0) is 12.8 Å². The Kier molecular flexibility index (Phi) is 7.28.